The van der Waals surface area contributed by atoms with E-state index in [0.717, 1.165) is 10.1 Å². The lowest BCUT2D eigenvalue weighted by molar-refractivity contribution is -0.147. The first-order chi connectivity index (χ1) is 12.8. The highest BCUT2D eigenvalue weighted by atomic mass is 19.4. The number of nitrogens with zero attached hydrogens (tertiary/aromatic N) is 2. The molecule has 1 N–H and O–H groups in total. The van der Waals surface area contributed by atoms with E-state index in [1.807, 2.05) is 25.1 Å². The molecular formula is C19H18F3N3O2. The lowest BCUT2D eigenvalue weighted by Crippen LogP contribution is -2.32. The minimum absolute atomic E-state index is 0.181. The number of para-hydroxylation sites is 2. The van der Waals surface area contributed by atoms with Gasteiger partial charge in [0.05, 0.1) is 17.6 Å². The summed E-state index contributed by atoms with van der Waals surface area (Å²) in [6.07, 6.45) is -4.65. The van der Waals surface area contributed by atoms with Gasteiger partial charge in [-0.15, -0.1) is 0 Å². The Hall–Kier alpha value is -3.03. The molecule has 0 unspecified atom stereocenters. The Bertz CT molecular complexity index is 951. The van der Waals surface area contributed by atoms with E-state index in [1.54, 1.807) is 18.2 Å². The van der Waals surface area contributed by atoms with E-state index in [1.165, 1.54) is 12.1 Å². The Morgan fingerprint density at radius 2 is 1.96 bits per heavy atom. The van der Waals surface area contributed by atoms with E-state index in [9.17, 15) is 18.0 Å². The summed E-state index contributed by atoms with van der Waals surface area (Å²) in [5.41, 5.74) is 1.50. The standard InChI is InChI=1S/C19H18F3N3O2/c1-13-5-4-6-14(11-13)27-10-9-23-17(26)12-25-16-8-3-2-7-15(16)24-18(25)19(20,21)22/h2-8,11H,9-10,12H2,1H3,(H,23,26). The summed E-state index contributed by atoms with van der Waals surface area (Å²) in [6.45, 7) is 1.86. The molecule has 1 aromatic heterocycles. The number of hydrogen-bond acceptors (Lipinski definition) is 3. The van der Waals surface area contributed by atoms with Crippen LogP contribution in [0.3, 0.4) is 0 Å². The first-order valence-electron chi connectivity index (χ1n) is 8.33. The van der Waals surface area contributed by atoms with Crippen LogP contribution in [0.15, 0.2) is 48.5 Å². The Morgan fingerprint density at radius 1 is 1.19 bits per heavy atom. The molecule has 0 spiro atoms. The van der Waals surface area contributed by atoms with Gasteiger partial charge in [-0.2, -0.15) is 13.2 Å². The number of alkyl halides is 3. The van der Waals surface area contributed by atoms with Crippen LogP contribution in [0.2, 0.25) is 0 Å². The Kier molecular flexibility index (Phi) is 5.34. The second-order valence-corrected chi connectivity index (χ2v) is 6.02. The highest BCUT2D eigenvalue weighted by Crippen LogP contribution is 2.31. The Balaban J connectivity index is 1.62. The van der Waals surface area contributed by atoms with Gasteiger partial charge >= 0.3 is 6.18 Å². The van der Waals surface area contributed by atoms with Crippen LogP contribution in [0.25, 0.3) is 11.0 Å². The van der Waals surface area contributed by atoms with Crippen LogP contribution in [-0.2, 0) is 17.5 Å². The van der Waals surface area contributed by atoms with Gasteiger partial charge < -0.3 is 14.6 Å². The molecule has 3 aromatic rings. The monoisotopic (exact) mass is 377 g/mol. The second kappa shape index (κ2) is 7.69. The molecule has 0 radical (unpaired) electrons. The third-order valence-electron chi connectivity index (χ3n) is 3.89. The summed E-state index contributed by atoms with van der Waals surface area (Å²) in [4.78, 5) is 15.7. The van der Waals surface area contributed by atoms with Crippen LogP contribution < -0.4 is 10.1 Å². The van der Waals surface area contributed by atoms with E-state index in [-0.39, 0.29) is 24.2 Å². The summed E-state index contributed by atoms with van der Waals surface area (Å²) >= 11 is 0. The summed E-state index contributed by atoms with van der Waals surface area (Å²) in [7, 11) is 0. The number of ether oxygens (including phenoxy) is 1. The zero-order valence-corrected chi connectivity index (χ0v) is 14.6. The highest BCUT2D eigenvalue weighted by Gasteiger charge is 2.37. The molecular weight excluding hydrogens is 359 g/mol. The Morgan fingerprint density at radius 3 is 2.70 bits per heavy atom. The van der Waals surface area contributed by atoms with Gasteiger partial charge in [0, 0.05) is 0 Å². The number of rotatable bonds is 6. The number of aromatic nitrogens is 2. The highest BCUT2D eigenvalue weighted by molar-refractivity contribution is 5.81. The number of amides is 1. The van der Waals surface area contributed by atoms with E-state index in [2.05, 4.69) is 10.3 Å². The molecule has 3 rings (SSSR count). The van der Waals surface area contributed by atoms with Crippen molar-refractivity contribution >= 4 is 16.9 Å². The lowest BCUT2D eigenvalue weighted by atomic mass is 10.2. The molecule has 5 nitrogen and oxygen atoms in total. The molecule has 0 aliphatic heterocycles. The molecule has 1 heterocycles. The number of halogens is 3. The number of carbonyl (C=O) groups is 1. The maximum atomic E-state index is 13.2. The van der Waals surface area contributed by atoms with Crippen LogP contribution in [-0.4, -0.2) is 28.6 Å². The predicted octanol–water partition coefficient (Wildman–Crippen LogP) is 3.56. The molecule has 8 heteroatoms. The molecule has 0 bridgehead atoms. The fraction of sp³-hybridized carbons (Fsp3) is 0.263. The minimum Gasteiger partial charge on any atom is -0.492 e. The quantitative estimate of drug-likeness (QED) is 0.669. The van der Waals surface area contributed by atoms with Crippen molar-refractivity contribution in [1.29, 1.82) is 0 Å². The van der Waals surface area contributed by atoms with E-state index >= 15 is 0 Å². The average molecular weight is 377 g/mol. The van der Waals surface area contributed by atoms with Crippen LogP contribution in [0.5, 0.6) is 5.75 Å². The molecule has 2 aromatic carbocycles. The van der Waals surface area contributed by atoms with Gasteiger partial charge in [-0.05, 0) is 36.8 Å². The normalized spacial score (nSPS) is 11.6. The van der Waals surface area contributed by atoms with Crippen molar-refractivity contribution < 1.29 is 22.7 Å². The SMILES string of the molecule is Cc1cccc(OCCNC(=O)Cn2c(C(F)(F)F)nc3ccccc32)c1. The van der Waals surface area contributed by atoms with E-state index in [0.29, 0.717) is 5.75 Å². The van der Waals surface area contributed by atoms with E-state index in [4.69, 9.17) is 4.74 Å². The number of fused-ring (bicyclic) bond motifs is 1. The van der Waals surface area contributed by atoms with Crippen LogP contribution >= 0.6 is 0 Å². The van der Waals surface area contributed by atoms with Crippen LogP contribution in [0.1, 0.15) is 11.4 Å². The third kappa shape index (κ3) is 4.58. The fourth-order valence-electron chi connectivity index (χ4n) is 2.72. The summed E-state index contributed by atoms with van der Waals surface area (Å²) in [6, 6.07) is 13.6. The number of carbonyl (C=O) groups excluding carboxylic acids is 1. The molecule has 0 fully saturated rings. The summed E-state index contributed by atoms with van der Waals surface area (Å²) in [5, 5.41) is 2.57. The van der Waals surface area contributed by atoms with Gasteiger partial charge in [0.1, 0.15) is 18.9 Å². The van der Waals surface area contributed by atoms with Gasteiger partial charge in [-0.3, -0.25) is 4.79 Å². The van der Waals surface area contributed by atoms with Crippen molar-refractivity contribution in [1.82, 2.24) is 14.9 Å². The number of aryl methyl sites for hydroxylation is 1. The van der Waals surface area contributed by atoms with Crippen molar-refractivity contribution in [2.24, 2.45) is 0 Å². The largest absolute Gasteiger partial charge is 0.492 e. The van der Waals surface area contributed by atoms with Gasteiger partial charge in [0.15, 0.2) is 0 Å². The maximum Gasteiger partial charge on any atom is 0.449 e. The van der Waals surface area contributed by atoms with Crippen molar-refractivity contribution in [3.63, 3.8) is 0 Å². The predicted molar refractivity (Wildman–Crippen MR) is 94.4 cm³/mol. The third-order valence-corrected chi connectivity index (χ3v) is 3.89. The van der Waals surface area contributed by atoms with Gasteiger partial charge in [0.25, 0.3) is 0 Å². The zero-order chi connectivity index (χ0) is 19.4. The average Bonchev–Trinajstić information content (AvgIpc) is 2.98. The number of benzene rings is 2. The minimum atomic E-state index is -4.65. The molecule has 27 heavy (non-hydrogen) atoms. The molecule has 1 amide bonds. The molecule has 0 atom stereocenters. The number of nitrogens with one attached hydrogen (secondary N) is 1. The summed E-state index contributed by atoms with van der Waals surface area (Å²) < 4.78 is 46.1. The van der Waals surface area contributed by atoms with E-state index < -0.39 is 24.5 Å². The topological polar surface area (TPSA) is 56.1 Å². The smallest absolute Gasteiger partial charge is 0.449 e. The van der Waals surface area contributed by atoms with Crippen LogP contribution in [0, 0.1) is 6.92 Å². The first kappa shape index (κ1) is 18.8. The van der Waals surface area contributed by atoms with Crippen molar-refractivity contribution in [3.8, 4) is 5.75 Å². The first-order valence-corrected chi connectivity index (χ1v) is 8.33. The van der Waals surface area contributed by atoms with Gasteiger partial charge in [-0.25, -0.2) is 4.98 Å². The fourth-order valence-corrected chi connectivity index (χ4v) is 2.72. The maximum absolute atomic E-state index is 13.2. The molecule has 0 saturated heterocycles. The molecule has 0 saturated carbocycles. The summed E-state index contributed by atoms with van der Waals surface area (Å²) in [5.74, 6) is -0.962. The Labute approximate surface area is 153 Å². The zero-order valence-electron chi connectivity index (χ0n) is 14.6. The molecule has 0 aliphatic rings. The van der Waals surface area contributed by atoms with Crippen molar-refractivity contribution in [2.45, 2.75) is 19.6 Å². The second-order valence-electron chi connectivity index (χ2n) is 6.02. The van der Waals surface area contributed by atoms with Gasteiger partial charge in [0.2, 0.25) is 11.7 Å². The lowest BCUT2D eigenvalue weighted by Gasteiger charge is -2.12. The number of hydrogen-bond donors (Lipinski definition) is 1. The number of imidazole rings is 1. The molecule has 0 aliphatic carbocycles. The van der Waals surface area contributed by atoms with Crippen molar-refractivity contribution in [2.75, 3.05) is 13.2 Å². The molecule has 142 valence electrons. The van der Waals surface area contributed by atoms with Gasteiger partial charge in [-0.1, -0.05) is 24.3 Å². The van der Waals surface area contributed by atoms with Crippen LogP contribution in [0.4, 0.5) is 13.2 Å². The van der Waals surface area contributed by atoms with Crippen molar-refractivity contribution in [3.05, 3.63) is 59.9 Å².